The zero-order valence-corrected chi connectivity index (χ0v) is 14.0. The van der Waals surface area contributed by atoms with E-state index in [-0.39, 0.29) is 5.57 Å². The van der Waals surface area contributed by atoms with Crippen molar-refractivity contribution in [1.82, 2.24) is 5.32 Å². The van der Waals surface area contributed by atoms with Crippen molar-refractivity contribution in [3.05, 3.63) is 47.5 Å². The zero-order valence-electron chi connectivity index (χ0n) is 14.0. The first-order chi connectivity index (χ1) is 10.8. The van der Waals surface area contributed by atoms with Crippen LogP contribution in [0.3, 0.4) is 0 Å². The molecule has 1 unspecified atom stereocenters. The summed E-state index contributed by atoms with van der Waals surface area (Å²) in [4.78, 5) is 23.5. The topological polar surface area (TPSA) is 55.4 Å². The van der Waals surface area contributed by atoms with Crippen LogP contribution < -0.4 is 5.32 Å². The Bertz CT molecular complexity index is 628. The van der Waals surface area contributed by atoms with Gasteiger partial charge in [0.15, 0.2) is 5.78 Å². The summed E-state index contributed by atoms with van der Waals surface area (Å²) in [7, 11) is 0. The average molecular weight is 343 g/mol. The number of benzene rings is 1. The minimum Gasteiger partial charge on any atom is -0.444 e. The summed E-state index contributed by atoms with van der Waals surface area (Å²) in [6, 6.07) is 3.18. The van der Waals surface area contributed by atoms with E-state index in [1.165, 1.54) is 19.1 Å². The van der Waals surface area contributed by atoms with Crippen molar-refractivity contribution in [1.29, 1.82) is 0 Å². The number of rotatable bonds is 4. The number of hydrogen-bond acceptors (Lipinski definition) is 3. The minimum atomic E-state index is -4.47. The molecular weight excluding hydrogens is 323 g/mol. The van der Waals surface area contributed by atoms with E-state index < -0.39 is 35.3 Å². The standard InChI is InChI=1S/C17H20F3NO3/c1-10(11(2)22)14(21-15(23)24-16(3,4)5)12-6-8-13(9-7-12)17(18,19)20/h6-9,14H,1H2,2-5H3,(H,21,23). The Morgan fingerprint density at radius 2 is 1.62 bits per heavy atom. The second-order valence-electron chi connectivity index (χ2n) is 6.28. The van der Waals surface area contributed by atoms with Crippen molar-refractivity contribution in [3.63, 3.8) is 0 Å². The Morgan fingerprint density at radius 1 is 1.12 bits per heavy atom. The highest BCUT2D eigenvalue weighted by molar-refractivity contribution is 5.94. The molecule has 24 heavy (non-hydrogen) atoms. The summed E-state index contributed by atoms with van der Waals surface area (Å²) in [5.41, 5.74) is -1.24. The van der Waals surface area contributed by atoms with Crippen LogP contribution >= 0.6 is 0 Å². The largest absolute Gasteiger partial charge is 0.444 e. The summed E-state index contributed by atoms with van der Waals surface area (Å²) < 4.78 is 43.0. The van der Waals surface area contributed by atoms with E-state index >= 15 is 0 Å². The average Bonchev–Trinajstić information content (AvgIpc) is 2.41. The van der Waals surface area contributed by atoms with Crippen LogP contribution in [0.2, 0.25) is 0 Å². The third-order valence-electron chi connectivity index (χ3n) is 3.03. The Balaban J connectivity index is 3.09. The molecule has 0 radical (unpaired) electrons. The van der Waals surface area contributed by atoms with Crippen molar-refractivity contribution in [3.8, 4) is 0 Å². The number of ether oxygens (including phenoxy) is 1. The molecule has 0 bridgehead atoms. The molecule has 1 N–H and O–H groups in total. The van der Waals surface area contributed by atoms with Crippen molar-refractivity contribution < 1.29 is 27.5 Å². The molecule has 0 fully saturated rings. The van der Waals surface area contributed by atoms with E-state index in [0.717, 1.165) is 12.1 Å². The van der Waals surface area contributed by atoms with Crippen molar-refractivity contribution in [2.75, 3.05) is 0 Å². The Hall–Kier alpha value is -2.31. The molecule has 1 aromatic rings. The second kappa shape index (κ2) is 7.07. The lowest BCUT2D eigenvalue weighted by Crippen LogP contribution is -2.36. The number of amides is 1. The zero-order chi connectivity index (χ0) is 18.7. The quantitative estimate of drug-likeness (QED) is 0.824. The lowest BCUT2D eigenvalue weighted by molar-refractivity contribution is -0.137. The number of Topliss-reactive ketones (excluding diaryl/α,β-unsaturated/α-hetero) is 1. The third kappa shape index (κ3) is 5.72. The van der Waals surface area contributed by atoms with Crippen molar-refractivity contribution in [2.24, 2.45) is 0 Å². The molecule has 4 nitrogen and oxygen atoms in total. The van der Waals surface area contributed by atoms with Gasteiger partial charge in [0.05, 0.1) is 11.6 Å². The van der Waals surface area contributed by atoms with E-state index in [2.05, 4.69) is 11.9 Å². The maximum absolute atomic E-state index is 12.6. The number of ketones is 1. The lowest BCUT2D eigenvalue weighted by atomic mass is 9.96. The van der Waals surface area contributed by atoms with E-state index in [1.807, 2.05) is 0 Å². The van der Waals surface area contributed by atoms with Crippen LogP contribution in [0.1, 0.15) is 44.9 Å². The van der Waals surface area contributed by atoms with Crippen LogP contribution in [0, 0.1) is 0 Å². The highest BCUT2D eigenvalue weighted by Crippen LogP contribution is 2.31. The van der Waals surface area contributed by atoms with Crippen LogP contribution in [0.4, 0.5) is 18.0 Å². The molecule has 132 valence electrons. The van der Waals surface area contributed by atoms with Gasteiger partial charge in [0.25, 0.3) is 0 Å². The monoisotopic (exact) mass is 343 g/mol. The molecule has 1 rings (SSSR count). The predicted octanol–water partition coefficient (Wildman–Crippen LogP) is 4.42. The number of alkyl carbamates (subject to hydrolysis) is 1. The van der Waals surface area contributed by atoms with Gasteiger partial charge >= 0.3 is 12.3 Å². The highest BCUT2D eigenvalue weighted by atomic mass is 19.4. The van der Waals surface area contributed by atoms with Crippen molar-refractivity contribution >= 4 is 11.9 Å². The number of carbonyl (C=O) groups is 2. The molecule has 1 aromatic carbocycles. The first-order valence-corrected chi connectivity index (χ1v) is 7.17. The highest BCUT2D eigenvalue weighted by Gasteiger charge is 2.31. The summed E-state index contributed by atoms with van der Waals surface area (Å²) in [6.07, 6.45) is -5.26. The molecule has 0 spiro atoms. The van der Waals surface area contributed by atoms with Crippen LogP contribution in [0.25, 0.3) is 0 Å². The number of nitrogens with one attached hydrogen (secondary N) is 1. The molecule has 0 aliphatic heterocycles. The molecule has 0 aliphatic rings. The summed E-state index contributed by atoms with van der Waals surface area (Å²) in [5, 5.41) is 2.47. The molecule has 7 heteroatoms. The Morgan fingerprint density at radius 3 is 2.00 bits per heavy atom. The van der Waals surface area contributed by atoms with Gasteiger partial charge in [-0.2, -0.15) is 13.2 Å². The summed E-state index contributed by atoms with van der Waals surface area (Å²) >= 11 is 0. The van der Waals surface area contributed by atoms with Gasteiger partial charge in [-0.3, -0.25) is 4.79 Å². The number of halogens is 3. The fourth-order valence-corrected chi connectivity index (χ4v) is 1.86. The SMILES string of the molecule is C=C(C(C)=O)C(NC(=O)OC(C)(C)C)c1ccc(C(F)(F)F)cc1. The lowest BCUT2D eigenvalue weighted by Gasteiger charge is -2.24. The van der Waals surface area contributed by atoms with Gasteiger partial charge in [-0.05, 0) is 45.4 Å². The Kier molecular flexibility index (Phi) is 5.81. The smallest absolute Gasteiger partial charge is 0.416 e. The van der Waals surface area contributed by atoms with Crippen LogP contribution in [0.5, 0.6) is 0 Å². The Labute approximate surface area is 138 Å². The van der Waals surface area contributed by atoms with E-state index in [4.69, 9.17) is 4.74 Å². The van der Waals surface area contributed by atoms with Crippen LogP contribution in [0.15, 0.2) is 36.4 Å². The van der Waals surface area contributed by atoms with E-state index in [1.54, 1.807) is 20.8 Å². The van der Waals surface area contributed by atoms with Gasteiger partial charge in [0, 0.05) is 5.57 Å². The predicted molar refractivity (Wildman–Crippen MR) is 83.4 cm³/mol. The molecule has 0 aromatic heterocycles. The van der Waals surface area contributed by atoms with E-state index in [0.29, 0.717) is 5.56 Å². The molecule has 1 atom stereocenters. The first kappa shape index (κ1) is 19.7. The number of carbonyl (C=O) groups excluding carboxylic acids is 2. The minimum absolute atomic E-state index is 0.0422. The molecule has 0 heterocycles. The van der Waals surface area contributed by atoms with Gasteiger partial charge in [-0.15, -0.1) is 0 Å². The maximum atomic E-state index is 12.6. The molecule has 0 saturated heterocycles. The summed E-state index contributed by atoms with van der Waals surface area (Å²) in [5.74, 6) is -0.393. The fraction of sp³-hybridized carbons (Fsp3) is 0.412. The van der Waals surface area contributed by atoms with Gasteiger partial charge < -0.3 is 10.1 Å². The summed E-state index contributed by atoms with van der Waals surface area (Å²) in [6.45, 7) is 9.87. The van der Waals surface area contributed by atoms with E-state index in [9.17, 15) is 22.8 Å². The van der Waals surface area contributed by atoms with Crippen molar-refractivity contribution in [2.45, 2.75) is 45.5 Å². The van der Waals surface area contributed by atoms with Gasteiger partial charge in [-0.1, -0.05) is 18.7 Å². The normalized spacial score (nSPS) is 13.1. The van der Waals surface area contributed by atoms with Gasteiger partial charge in [0.2, 0.25) is 0 Å². The third-order valence-corrected chi connectivity index (χ3v) is 3.03. The van der Waals surface area contributed by atoms with Gasteiger partial charge in [0.1, 0.15) is 5.60 Å². The van der Waals surface area contributed by atoms with Gasteiger partial charge in [-0.25, -0.2) is 4.79 Å². The first-order valence-electron chi connectivity index (χ1n) is 7.17. The molecule has 1 amide bonds. The molecule has 0 aliphatic carbocycles. The van der Waals surface area contributed by atoms with Crippen LogP contribution in [-0.2, 0) is 15.7 Å². The maximum Gasteiger partial charge on any atom is 0.416 e. The second-order valence-corrected chi connectivity index (χ2v) is 6.28. The molecule has 0 saturated carbocycles. The number of alkyl halides is 3. The fourth-order valence-electron chi connectivity index (χ4n) is 1.86. The molecular formula is C17H20F3NO3. The van der Waals surface area contributed by atoms with Crippen LogP contribution in [-0.4, -0.2) is 17.5 Å². The number of hydrogen-bond donors (Lipinski definition) is 1.